The molecule has 1 fully saturated rings. The molecule has 0 bridgehead atoms. The van der Waals surface area contributed by atoms with Gasteiger partial charge in [-0.15, -0.1) is 0 Å². The topological polar surface area (TPSA) is 139 Å². The van der Waals surface area contributed by atoms with E-state index in [0.29, 0.717) is 28.8 Å². The van der Waals surface area contributed by atoms with Gasteiger partial charge in [0.05, 0.1) is 34.6 Å². The minimum absolute atomic E-state index is 0.00384. The lowest BCUT2D eigenvalue weighted by molar-refractivity contribution is 0.0635. The summed E-state index contributed by atoms with van der Waals surface area (Å²) in [5.74, 6) is 7.32. The normalized spacial score (nSPS) is 17.8. The molecule has 12 heteroatoms. The van der Waals surface area contributed by atoms with Crippen molar-refractivity contribution >= 4 is 28.7 Å². The third kappa shape index (κ3) is 8.46. The molecule has 1 aliphatic carbocycles. The van der Waals surface area contributed by atoms with Gasteiger partial charge in [-0.05, 0) is 89.3 Å². The molecule has 0 saturated carbocycles. The minimum Gasteiger partial charge on any atom is -0.481 e. The first-order valence-corrected chi connectivity index (χ1v) is 17.0. The van der Waals surface area contributed by atoms with Crippen molar-refractivity contribution in [1.29, 1.82) is 0 Å². The highest BCUT2D eigenvalue weighted by molar-refractivity contribution is 7.84. The SMILES string of the molecule is CC(C)(C)OC(=O)Nc1cc(OCC#Cc2cnc(N3CCC4(CC3)Cc3ccccc3[C@H]4NS(=O)C(C)(C)C)c(CO)n2)ccn1. The van der Waals surface area contributed by atoms with Gasteiger partial charge in [-0.1, -0.05) is 30.2 Å². The predicted octanol–water partition coefficient (Wildman–Crippen LogP) is 5.08. The molecule has 1 aliphatic heterocycles. The fourth-order valence-electron chi connectivity index (χ4n) is 5.96. The van der Waals surface area contributed by atoms with Crippen LogP contribution in [0.5, 0.6) is 5.75 Å². The van der Waals surface area contributed by atoms with Gasteiger partial charge in [-0.2, -0.15) is 0 Å². The summed E-state index contributed by atoms with van der Waals surface area (Å²) in [6, 6.07) is 11.7. The Morgan fingerprint density at radius 1 is 1.13 bits per heavy atom. The molecular weight excluding hydrogens is 616 g/mol. The molecular formula is C35H44N6O5S. The number of benzene rings is 1. The molecule has 1 unspecified atom stereocenters. The number of hydrogen-bond donors (Lipinski definition) is 3. The van der Waals surface area contributed by atoms with Crippen molar-refractivity contribution in [3.05, 3.63) is 71.3 Å². The highest BCUT2D eigenvalue weighted by atomic mass is 32.2. The zero-order valence-electron chi connectivity index (χ0n) is 27.9. The highest BCUT2D eigenvalue weighted by Crippen LogP contribution is 2.52. The standard InChI is InChI=1S/C35H44N6O5S/c1-33(2,3)46-32(43)39-29-20-26(13-16-36-29)45-19-9-11-25-22-37-31(28(23-42)38-25)41-17-14-35(15-18-41)21-24-10-7-8-12-27(24)30(35)40-47(44)34(4,5)6/h7-8,10,12-13,16,20,22,30,40,42H,14-15,17-19,21,23H2,1-6H3,(H,36,39,43)/t30-,47?/m1/s1. The number of pyridine rings is 1. The van der Waals surface area contributed by atoms with Gasteiger partial charge in [0.25, 0.3) is 0 Å². The van der Waals surface area contributed by atoms with Gasteiger partial charge in [0.1, 0.15) is 35.2 Å². The average molecular weight is 661 g/mol. The maximum atomic E-state index is 13.2. The molecule has 250 valence electrons. The molecule has 1 spiro atoms. The van der Waals surface area contributed by atoms with E-state index in [1.807, 2.05) is 20.8 Å². The largest absolute Gasteiger partial charge is 0.481 e. The van der Waals surface area contributed by atoms with Crippen molar-refractivity contribution in [3.63, 3.8) is 0 Å². The molecule has 2 aliphatic rings. The first-order valence-electron chi connectivity index (χ1n) is 15.8. The summed E-state index contributed by atoms with van der Waals surface area (Å²) >= 11 is 0. The average Bonchev–Trinajstić information content (AvgIpc) is 3.30. The summed E-state index contributed by atoms with van der Waals surface area (Å²) < 4.78 is 27.3. The van der Waals surface area contributed by atoms with E-state index >= 15 is 0 Å². The maximum Gasteiger partial charge on any atom is 0.413 e. The van der Waals surface area contributed by atoms with E-state index in [9.17, 15) is 14.1 Å². The zero-order chi connectivity index (χ0) is 33.8. The van der Waals surface area contributed by atoms with Gasteiger partial charge in [-0.3, -0.25) is 5.32 Å². The summed E-state index contributed by atoms with van der Waals surface area (Å²) in [5, 5.41) is 12.8. The van der Waals surface area contributed by atoms with Crippen molar-refractivity contribution in [3.8, 4) is 17.6 Å². The van der Waals surface area contributed by atoms with Crippen molar-refractivity contribution in [1.82, 2.24) is 19.7 Å². The molecule has 2 aromatic heterocycles. The van der Waals surface area contributed by atoms with Crippen LogP contribution in [0.2, 0.25) is 0 Å². The van der Waals surface area contributed by atoms with Crippen molar-refractivity contribution < 1.29 is 23.6 Å². The fraction of sp³-hybridized carbons (Fsp3) is 0.486. The summed E-state index contributed by atoms with van der Waals surface area (Å²) in [6.45, 7) is 12.6. The molecule has 1 saturated heterocycles. The number of fused-ring (bicyclic) bond motifs is 1. The summed E-state index contributed by atoms with van der Waals surface area (Å²) in [7, 11) is -1.20. The second kappa shape index (κ2) is 14.0. The maximum absolute atomic E-state index is 13.2. The molecule has 11 nitrogen and oxygen atoms in total. The third-order valence-corrected chi connectivity index (χ3v) is 9.78. The Morgan fingerprint density at radius 2 is 1.87 bits per heavy atom. The Balaban J connectivity index is 1.21. The first-order chi connectivity index (χ1) is 22.3. The van der Waals surface area contributed by atoms with Gasteiger partial charge in [-0.25, -0.2) is 28.7 Å². The molecule has 1 aromatic carbocycles. The van der Waals surface area contributed by atoms with Crippen LogP contribution < -0.4 is 19.7 Å². The lowest BCUT2D eigenvalue weighted by atomic mass is 9.73. The van der Waals surface area contributed by atoms with E-state index < -0.39 is 22.7 Å². The number of carbonyl (C=O) groups is 1. The molecule has 1 amide bonds. The Bertz CT molecular complexity index is 1680. The lowest BCUT2D eigenvalue weighted by Gasteiger charge is -2.44. The Kier molecular flexibility index (Phi) is 10.2. The third-order valence-electron chi connectivity index (χ3n) is 8.22. The summed E-state index contributed by atoms with van der Waals surface area (Å²) in [4.78, 5) is 27.6. The summed E-state index contributed by atoms with van der Waals surface area (Å²) in [5.41, 5.74) is 2.77. The predicted molar refractivity (Wildman–Crippen MR) is 182 cm³/mol. The molecule has 3 aromatic rings. The number of hydrogen-bond acceptors (Lipinski definition) is 9. The number of piperidine rings is 1. The minimum atomic E-state index is -1.20. The number of aromatic nitrogens is 3. The van der Waals surface area contributed by atoms with Crippen LogP contribution in [0, 0.1) is 17.3 Å². The van der Waals surface area contributed by atoms with Gasteiger partial charge in [0.2, 0.25) is 0 Å². The van der Waals surface area contributed by atoms with Crippen molar-refractivity contribution in [2.45, 2.75) is 83.8 Å². The lowest BCUT2D eigenvalue weighted by Crippen LogP contribution is -2.48. The number of aliphatic hydroxyl groups excluding tert-OH is 1. The number of aliphatic hydroxyl groups is 1. The molecule has 5 rings (SSSR count). The van der Waals surface area contributed by atoms with E-state index in [-0.39, 0.29) is 29.4 Å². The highest BCUT2D eigenvalue weighted by Gasteiger charge is 2.49. The summed E-state index contributed by atoms with van der Waals surface area (Å²) in [6.07, 6.45) is 5.24. The van der Waals surface area contributed by atoms with Crippen LogP contribution in [0.15, 0.2) is 48.8 Å². The van der Waals surface area contributed by atoms with Crippen LogP contribution in [0.4, 0.5) is 16.4 Å². The van der Waals surface area contributed by atoms with Gasteiger partial charge in [0.15, 0.2) is 5.82 Å². The van der Waals surface area contributed by atoms with Gasteiger partial charge in [0, 0.05) is 25.4 Å². The quantitative estimate of drug-likeness (QED) is 0.296. The van der Waals surface area contributed by atoms with Crippen molar-refractivity contribution in [2.24, 2.45) is 5.41 Å². The second-order valence-electron chi connectivity index (χ2n) is 13.9. The monoisotopic (exact) mass is 660 g/mol. The van der Waals surface area contributed by atoms with E-state index in [4.69, 9.17) is 9.47 Å². The van der Waals surface area contributed by atoms with Crippen LogP contribution in [-0.2, 0) is 28.8 Å². The number of carbonyl (C=O) groups excluding carboxylic acids is 1. The number of anilines is 2. The zero-order valence-corrected chi connectivity index (χ0v) is 28.7. The van der Waals surface area contributed by atoms with E-state index in [1.165, 1.54) is 17.3 Å². The van der Waals surface area contributed by atoms with Crippen LogP contribution in [0.3, 0.4) is 0 Å². The Hall–Kier alpha value is -4.05. The molecule has 47 heavy (non-hydrogen) atoms. The van der Waals surface area contributed by atoms with Crippen LogP contribution >= 0.6 is 0 Å². The number of rotatable bonds is 7. The Labute approximate surface area is 279 Å². The molecule has 3 N–H and O–H groups in total. The van der Waals surface area contributed by atoms with Crippen molar-refractivity contribution in [2.75, 3.05) is 29.9 Å². The van der Waals surface area contributed by atoms with Crippen LogP contribution in [0.25, 0.3) is 0 Å². The number of amides is 1. The number of nitrogens with one attached hydrogen (secondary N) is 2. The Morgan fingerprint density at radius 3 is 2.57 bits per heavy atom. The number of nitrogens with zero attached hydrogens (tertiary/aromatic N) is 4. The molecule has 2 atom stereocenters. The van der Waals surface area contributed by atoms with Gasteiger partial charge < -0.3 is 19.5 Å². The van der Waals surface area contributed by atoms with E-state index in [0.717, 1.165) is 32.4 Å². The first kappa shape index (κ1) is 34.3. The van der Waals surface area contributed by atoms with Crippen LogP contribution in [-0.4, -0.2) is 60.4 Å². The number of ether oxygens (including phenoxy) is 2. The van der Waals surface area contributed by atoms with E-state index in [1.54, 1.807) is 39.1 Å². The van der Waals surface area contributed by atoms with Gasteiger partial charge >= 0.3 is 6.09 Å². The van der Waals surface area contributed by atoms with Crippen LogP contribution in [0.1, 0.15) is 82.9 Å². The van der Waals surface area contributed by atoms with E-state index in [2.05, 4.69) is 66.0 Å². The fourth-order valence-corrected chi connectivity index (χ4v) is 6.91. The molecule has 3 heterocycles. The smallest absolute Gasteiger partial charge is 0.413 e. The second-order valence-corrected chi connectivity index (χ2v) is 15.9. The molecule has 0 radical (unpaired) electrons.